The molecule has 1 atom stereocenters. The number of fused-ring (bicyclic) bond motifs is 1. The summed E-state index contributed by atoms with van der Waals surface area (Å²) in [5.41, 5.74) is 1.65. The van der Waals surface area contributed by atoms with Crippen molar-refractivity contribution in [3.05, 3.63) is 62.5 Å². The summed E-state index contributed by atoms with van der Waals surface area (Å²) in [5.74, 6) is -0.427. The summed E-state index contributed by atoms with van der Waals surface area (Å²) in [4.78, 5) is 39.9. The maximum absolute atomic E-state index is 12.4. The number of aromatic amines is 1. The molecule has 0 bridgehead atoms. The van der Waals surface area contributed by atoms with Crippen LogP contribution in [0.25, 0.3) is 0 Å². The van der Waals surface area contributed by atoms with Crippen LogP contribution < -0.4 is 21.5 Å². The molecule has 1 aromatic heterocycles. The molecule has 0 radical (unpaired) electrons. The van der Waals surface area contributed by atoms with Crippen molar-refractivity contribution in [3.8, 4) is 0 Å². The molecule has 28 heavy (non-hydrogen) atoms. The van der Waals surface area contributed by atoms with E-state index in [0.717, 1.165) is 17.7 Å². The number of rotatable bonds is 4. The Morgan fingerprint density at radius 2 is 2.00 bits per heavy atom. The van der Waals surface area contributed by atoms with Crippen LogP contribution in [-0.4, -0.2) is 23.0 Å². The van der Waals surface area contributed by atoms with Crippen LogP contribution in [0.15, 0.2) is 35.1 Å². The number of aromatic nitrogens is 1. The number of nitrogens with one attached hydrogen (secondary N) is 4. The maximum atomic E-state index is 12.4. The Balaban J connectivity index is 1.82. The molecule has 1 aliphatic rings. The van der Waals surface area contributed by atoms with Gasteiger partial charge in [0.05, 0.1) is 16.8 Å². The maximum Gasteiger partial charge on any atom is 0.319 e. The average molecular weight is 403 g/mol. The van der Waals surface area contributed by atoms with Gasteiger partial charge in [0.15, 0.2) is 0 Å². The largest absolute Gasteiger partial charge is 0.350 e. The fraction of sp³-hybridized carbons (Fsp3) is 0.350. The summed E-state index contributed by atoms with van der Waals surface area (Å²) in [6.45, 7) is 3.65. The van der Waals surface area contributed by atoms with Gasteiger partial charge in [-0.2, -0.15) is 0 Å². The van der Waals surface area contributed by atoms with Crippen molar-refractivity contribution in [1.82, 2.24) is 15.6 Å². The summed E-state index contributed by atoms with van der Waals surface area (Å²) in [5, 5.41) is 8.82. The molecule has 1 aliphatic carbocycles. The van der Waals surface area contributed by atoms with Crippen LogP contribution in [0.2, 0.25) is 5.02 Å². The van der Waals surface area contributed by atoms with Gasteiger partial charge in [-0.25, -0.2) is 4.79 Å². The van der Waals surface area contributed by atoms with Gasteiger partial charge < -0.3 is 20.9 Å². The molecule has 1 aromatic carbocycles. The van der Waals surface area contributed by atoms with E-state index in [2.05, 4.69) is 20.9 Å². The van der Waals surface area contributed by atoms with Crippen LogP contribution in [0.1, 0.15) is 54.3 Å². The van der Waals surface area contributed by atoms with Crippen LogP contribution in [-0.2, 0) is 6.42 Å². The molecule has 7 nitrogen and oxygen atoms in total. The molecular formula is C20H23ClN4O3. The molecule has 148 valence electrons. The normalized spacial score (nSPS) is 15.6. The molecule has 0 saturated carbocycles. The number of para-hydroxylation sites is 1. The summed E-state index contributed by atoms with van der Waals surface area (Å²) >= 11 is 6.08. The highest BCUT2D eigenvalue weighted by Gasteiger charge is 2.25. The third-order valence-electron chi connectivity index (χ3n) is 4.54. The third-order valence-corrected chi connectivity index (χ3v) is 4.87. The SMILES string of the molecule is CC(C)NC(=O)c1cc2c([nH]c1=O)CCCC2NC(=O)Nc1ccccc1Cl. The van der Waals surface area contributed by atoms with Gasteiger partial charge in [-0.1, -0.05) is 23.7 Å². The van der Waals surface area contributed by atoms with Gasteiger partial charge in [-0.15, -0.1) is 0 Å². The summed E-state index contributed by atoms with van der Waals surface area (Å²) in [6, 6.07) is 7.76. The molecule has 1 heterocycles. The minimum Gasteiger partial charge on any atom is -0.350 e. The highest BCUT2D eigenvalue weighted by Crippen LogP contribution is 2.29. The van der Waals surface area contributed by atoms with Crippen molar-refractivity contribution in [2.24, 2.45) is 0 Å². The number of hydrogen-bond donors (Lipinski definition) is 4. The van der Waals surface area contributed by atoms with E-state index in [0.29, 0.717) is 23.6 Å². The monoisotopic (exact) mass is 402 g/mol. The van der Waals surface area contributed by atoms with E-state index in [4.69, 9.17) is 11.6 Å². The van der Waals surface area contributed by atoms with Crippen molar-refractivity contribution in [3.63, 3.8) is 0 Å². The molecule has 8 heteroatoms. The summed E-state index contributed by atoms with van der Waals surface area (Å²) in [6.07, 6.45) is 2.22. The number of pyridine rings is 1. The lowest BCUT2D eigenvalue weighted by atomic mass is 9.90. The van der Waals surface area contributed by atoms with Crippen molar-refractivity contribution in [1.29, 1.82) is 0 Å². The highest BCUT2D eigenvalue weighted by molar-refractivity contribution is 6.33. The van der Waals surface area contributed by atoms with Gasteiger partial charge in [0.2, 0.25) is 0 Å². The number of carbonyl (C=O) groups is 2. The Morgan fingerprint density at radius 1 is 1.25 bits per heavy atom. The molecule has 0 fully saturated rings. The standard InChI is InChI=1S/C20H23ClN4O3/c1-11(2)22-18(26)13-10-12-15(23-19(13)27)8-5-9-16(12)24-20(28)25-17-7-4-3-6-14(17)21/h3-4,6-7,10-11,16H,5,8-9H2,1-2H3,(H,22,26)(H,23,27)(H2,24,25,28). The van der Waals surface area contributed by atoms with Crippen molar-refractivity contribution < 1.29 is 9.59 Å². The Bertz CT molecular complexity index is 955. The topological polar surface area (TPSA) is 103 Å². The number of H-pyrrole nitrogens is 1. The minimum absolute atomic E-state index is 0.0488. The second-order valence-corrected chi connectivity index (χ2v) is 7.50. The summed E-state index contributed by atoms with van der Waals surface area (Å²) in [7, 11) is 0. The van der Waals surface area contributed by atoms with Crippen LogP contribution in [0.4, 0.5) is 10.5 Å². The number of benzene rings is 1. The number of aryl methyl sites for hydroxylation is 1. The molecule has 0 aliphatic heterocycles. The van der Waals surface area contributed by atoms with Crippen LogP contribution in [0.3, 0.4) is 0 Å². The first-order valence-corrected chi connectivity index (χ1v) is 9.62. The van der Waals surface area contributed by atoms with Crippen molar-refractivity contribution in [2.45, 2.75) is 45.2 Å². The van der Waals surface area contributed by atoms with Crippen LogP contribution in [0.5, 0.6) is 0 Å². The Morgan fingerprint density at radius 3 is 2.71 bits per heavy atom. The quantitative estimate of drug-likeness (QED) is 0.630. The van der Waals surface area contributed by atoms with Gasteiger partial charge in [-0.3, -0.25) is 9.59 Å². The van der Waals surface area contributed by atoms with E-state index in [1.165, 1.54) is 0 Å². The lowest BCUT2D eigenvalue weighted by Crippen LogP contribution is -2.38. The minimum atomic E-state index is -0.427. The van der Waals surface area contributed by atoms with Crippen molar-refractivity contribution in [2.75, 3.05) is 5.32 Å². The van der Waals surface area contributed by atoms with E-state index in [9.17, 15) is 14.4 Å². The number of hydrogen-bond acceptors (Lipinski definition) is 3. The molecule has 4 N–H and O–H groups in total. The van der Waals surface area contributed by atoms with E-state index in [1.54, 1.807) is 30.3 Å². The lowest BCUT2D eigenvalue weighted by molar-refractivity contribution is 0.0941. The Labute approximate surface area is 167 Å². The zero-order valence-corrected chi connectivity index (χ0v) is 16.5. The molecule has 1 unspecified atom stereocenters. The van der Waals surface area contributed by atoms with Crippen molar-refractivity contribution >= 4 is 29.2 Å². The Hall–Kier alpha value is -2.80. The summed E-state index contributed by atoms with van der Waals surface area (Å²) < 4.78 is 0. The van der Waals surface area contributed by atoms with Crippen LogP contribution >= 0.6 is 11.6 Å². The Kier molecular flexibility index (Phi) is 6.04. The molecule has 3 rings (SSSR count). The van der Waals surface area contributed by atoms with Gasteiger partial charge in [-0.05, 0) is 56.9 Å². The van der Waals surface area contributed by atoms with E-state index < -0.39 is 17.5 Å². The van der Waals surface area contributed by atoms with E-state index in [1.807, 2.05) is 13.8 Å². The zero-order chi connectivity index (χ0) is 20.3. The number of urea groups is 1. The first kappa shape index (κ1) is 19.9. The highest BCUT2D eigenvalue weighted by atomic mass is 35.5. The van der Waals surface area contributed by atoms with Gasteiger partial charge in [0.25, 0.3) is 11.5 Å². The molecular weight excluding hydrogens is 380 g/mol. The molecule has 2 aromatic rings. The number of amides is 3. The molecule has 3 amide bonds. The van der Waals surface area contributed by atoms with E-state index >= 15 is 0 Å². The fourth-order valence-corrected chi connectivity index (χ4v) is 3.46. The zero-order valence-electron chi connectivity index (χ0n) is 15.8. The number of halogens is 1. The molecule has 0 saturated heterocycles. The first-order chi connectivity index (χ1) is 13.3. The second kappa shape index (κ2) is 8.48. The number of carbonyl (C=O) groups excluding carboxylic acids is 2. The number of anilines is 1. The predicted molar refractivity (Wildman–Crippen MR) is 109 cm³/mol. The fourth-order valence-electron chi connectivity index (χ4n) is 3.28. The van der Waals surface area contributed by atoms with E-state index in [-0.39, 0.29) is 17.6 Å². The second-order valence-electron chi connectivity index (χ2n) is 7.10. The average Bonchev–Trinajstić information content (AvgIpc) is 2.62. The van der Waals surface area contributed by atoms with Gasteiger partial charge in [0.1, 0.15) is 5.56 Å². The lowest BCUT2D eigenvalue weighted by Gasteiger charge is -2.26. The predicted octanol–water partition coefficient (Wildman–Crippen LogP) is 3.37. The van der Waals surface area contributed by atoms with Crippen LogP contribution in [0, 0.1) is 0 Å². The first-order valence-electron chi connectivity index (χ1n) is 9.24. The smallest absolute Gasteiger partial charge is 0.319 e. The third kappa shape index (κ3) is 4.54. The van der Waals surface area contributed by atoms with Gasteiger partial charge in [0, 0.05) is 11.7 Å². The van der Waals surface area contributed by atoms with Gasteiger partial charge >= 0.3 is 6.03 Å². The molecule has 0 spiro atoms.